The van der Waals surface area contributed by atoms with Crippen LogP contribution in [0.3, 0.4) is 0 Å². The van der Waals surface area contributed by atoms with Crippen molar-refractivity contribution in [2.75, 3.05) is 0 Å². The molecule has 3 aliphatic rings. The largest absolute Gasteiger partial charge is 0.204 e. The van der Waals surface area contributed by atoms with Gasteiger partial charge in [-0.2, -0.15) is 0 Å². The van der Waals surface area contributed by atoms with Crippen molar-refractivity contribution >= 4 is 0 Å². The molecule has 4 atom stereocenters. The maximum absolute atomic E-state index is 13.7. The lowest BCUT2D eigenvalue weighted by molar-refractivity contribution is 0.108. The van der Waals surface area contributed by atoms with Crippen molar-refractivity contribution in [3.63, 3.8) is 0 Å². The predicted molar refractivity (Wildman–Crippen MR) is 135 cm³/mol. The highest BCUT2D eigenvalue weighted by Crippen LogP contribution is 2.49. The number of benzene rings is 1. The number of rotatable bonds is 10. The molecular formula is C31H48F2. The molecule has 0 aromatic heterocycles. The average molecular weight is 459 g/mol. The van der Waals surface area contributed by atoms with Crippen LogP contribution in [0.25, 0.3) is 0 Å². The van der Waals surface area contributed by atoms with Gasteiger partial charge >= 0.3 is 0 Å². The summed E-state index contributed by atoms with van der Waals surface area (Å²) in [7, 11) is 0. The van der Waals surface area contributed by atoms with Gasteiger partial charge in [-0.25, -0.2) is 8.78 Å². The Labute approximate surface area is 202 Å². The van der Waals surface area contributed by atoms with Gasteiger partial charge in [0.15, 0.2) is 11.6 Å². The second kappa shape index (κ2) is 12.7. The van der Waals surface area contributed by atoms with E-state index in [0.717, 1.165) is 41.6 Å². The predicted octanol–water partition coefficient (Wildman–Crippen LogP) is 10.2. The first kappa shape index (κ1) is 25.2. The van der Waals surface area contributed by atoms with Gasteiger partial charge in [-0.3, -0.25) is 0 Å². The van der Waals surface area contributed by atoms with Crippen LogP contribution in [0.5, 0.6) is 0 Å². The quantitative estimate of drug-likeness (QED) is 0.306. The molecule has 0 saturated heterocycles. The molecule has 4 unspecified atom stereocenters. The van der Waals surface area contributed by atoms with Crippen molar-refractivity contribution in [1.82, 2.24) is 0 Å². The number of hydrogen-bond donors (Lipinski definition) is 0. The summed E-state index contributed by atoms with van der Waals surface area (Å²) in [6, 6.07) is 4.58. The first-order valence-electron chi connectivity index (χ1n) is 14.6. The number of halogens is 2. The second-order valence-electron chi connectivity index (χ2n) is 12.0. The van der Waals surface area contributed by atoms with Gasteiger partial charge in [0.25, 0.3) is 0 Å². The van der Waals surface area contributed by atoms with Crippen molar-refractivity contribution < 1.29 is 8.78 Å². The maximum atomic E-state index is 13.7. The molecular weight excluding hydrogens is 410 g/mol. The summed E-state index contributed by atoms with van der Waals surface area (Å²) in [6.45, 7) is 2.30. The molecule has 1 aromatic carbocycles. The summed E-state index contributed by atoms with van der Waals surface area (Å²) in [6.07, 6.45) is 25.4. The van der Waals surface area contributed by atoms with E-state index in [2.05, 4.69) is 6.92 Å². The summed E-state index contributed by atoms with van der Waals surface area (Å²) in [5.41, 5.74) is 1.02. The van der Waals surface area contributed by atoms with E-state index in [4.69, 9.17) is 0 Å². The first-order valence-corrected chi connectivity index (χ1v) is 14.6. The monoisotopic (exact) mass is 458 g/mol. The molecule has 3 saturated carbocycles. The fourth-order valence-corrected chi connectivity index (χ4v) is 7.63. The van der Waals surface area contributed by atoms with Crippen LogP contribution < -0.4 is 0 Å². The highest BCUT2D eigenvalue weighted by molar-refractivity contribution is 5.22. The van der Waals surface area contributed by atoms with E-state index in [1.807, 2.05) is 6.07 Å². The van der Waals surface area contributed by atoms with Crippen molar-refractivity contribution in [2.24, 2.45) is 29.6 Å². The zero-order chi connectivity index (χ0) is 23.0. The van der Waals surface area contributed by atoms with E-state index in [1.54, 1.807) is 0 Å². The third-order valence-corrected chi connectivity index (χ3v) is 9.80. The zero-order valence-electron chi connectivity index (χ0n) is 21.2. The third kappa shape index (κ3) is 7.28. The van der Waals surface area contributed by atoms with Crippen LogP contribution in [0.1, 0.15) is 134 Å². The Bertz CT molecular complexity index is 705. The fraction of sp³-hybridized carbons (Fsp3) is 0.806. The first-order chi connectivity index (χ1) is 16.1. The van der Waals surface area contributed by atoms with Crippen LogP contribution in [0.2, 0.25) is 0 Å². The molecule has 2 heteroatoms. The Morgan fingerprint density at radius 1 is 0.636 bits per heavy atom. The normalized spacial score (nSPS) is 32.5. The molecule has 0 heterocycles. The number of unbranched alkanes of at least 4 members (excludes halogenated alkanes) is 4. The van der Waals surface area contributed by atoms with Gasteiger partial charge in [0, 0.05) is 0 Å². The van der Waals surface area contributed by atoms with Crippen LogP contribution in [-0.2, 0) is 0 Å². The van der Waals surface area contributed by atoms with Gasteiger partial charge in [0.1, 0.15) is 0 Å². The van der Waals surface area contributed by atoms with Crippen LogP contribution in [0.15, 0.2) is 18.2 Å². The Hall–Kier alpha value is -0.920. The van der Waals surface area contributed by atoms with E-state index in [0.29, 0.717) is 5.92 Å². The molecule has 4 rings (SSSR count). The molecule has 0 spiro atoms. The Kier molecular flexibility index (Phi) is 9.68. The highest BCUT2D eigenvalue weighted by Gasteiger charge is 2.36. The number of fused-ring (bicyclic) bond motifs is 1. The molecule has 3 aliphatic carbocycles. The molecule has 186 valence electrons. The summed E-state index contributed by atoms with van der Waals surface area (Å²) in [5.74, 6) is 3.70. The summed E-state index contributed by atoms with van der Waals surface area (Å²) in [5, 5.41) is 0. The lowest BCUT2D eigenvalue weighted by Crippen LogP contribution is -2.30. The van der Waals surface area contributed by atoms with Crippen molar-refractivity contribution in [2.45, 2.75) is 128 Å². The van der Waals surface area contributed by atoms with E-state index >= 15 is 0 Å². The summed E-state index contributed by atoms with van der Waals surface area (Å²) in [4.78, 5) is 0. The number of hydrogen-bond acceptors (Lipinski definition) is 0. The molecule has 3 fully saturated rings. The summed E-state index contributed by atoms with van der Waals surface area (Å²) >= 11 is 0. The molecule has 1 aromatic rings. The van der Waals surface area contributed by atoms with Crippen molar-refractivity contribution in [3.8, 4) is 0 Å². The van der Waals surface area contributed by atoms with E-state index in [1.165, 1.54) is 121 Å². The third-order valence-electron chi connectivity index (χ3n) is 9.80. The smallest absolute Gasteiger partial charge is 0.159 e. The minimum absolute atomic E-state index is 0.430. The van der Waals surface area contributed by atoms with Gasteiger partial charge in [-0.05, 0) is 85.3 Å². The topological polar surface area (TPSA) is 0 Å². The zero-order valence-corrected chi connectivity index (χ0v) is 21.2. The van der Waals surface area contributed by atoms with Gasteiger partial charge in [0.05, 0.1) is 0 Å². The molecule has 0 radical (unpaired) electrons. The van der Waals surface area contributed by atoms with Gasteiger partial charge in [0.2, 0.25) is 0 Å². The van der Waals surface area contributed by atoms with E-state index in [9.17, 15) is 8.78 Å². The van der Waals surface area contributed by atoms with Crippen LogP contribution >= 0.6 is 0 Å². The Morgan fingerprint density at radius 2 is 1.27 bits per heavy atom. The standard InChI is InChI=1S/C31H48F2/c1-2-3-4-5-6-7-23-8-10-24(11-9-23)12-13-25-14-15-27-21-28(17-16-26(27)20-25)29-18-19-30(32)31(33)22-29/h18-19,22-28H,2-17,20-21H2,1H3. The van der Waals surface area contributed by atoms with E-state index < -0.39 is 11.6 Å². The lowest BCUT2D eigenvalue weighted by Gasteiger charge is -2.43. The SMILES string of the molecule is CCCCCCCC1CCC(CCC2CCC3CC(c4ccc(F)c(F)c4)CCC3C2)CC1. The highest BCUT2D eigenvalue weighted by atomic mass is 19.2. The minimum Gasteiger partial charge on any atom is -0.204 e. The molecule has 0 N–H and O–H groups in total. The molecule has 0 aliphatic heterocycles. The van der Waals surface area contributed by atoms with Crippen LogP contribution in [0, 0.1) is 41.2 Å². The van der Waals surface area contributed by atoms with Crippen molar-refractivity contribution in [3.05, 3.63) is 35.4 Å². The lowest BCUT2D eigenvalue weighted by atomic mass is 9.63. The molecule has 0 nitrogen and oxygen atoms in total. The van der Waals surface area contributed by atoms with Crippen LogP contribution in [-0.4, -0.2) is 0 Å². The maximum Gasteiger partial charge on any atom is 0.159 e. The van der Waals surface area contributed by atoms with E-state index in [-0.39, 0.29) is 0 Å². The second-order valence-corrected chi connectivity index (χ2v) is 12.0. The molecule has 0 bridgehead atoms. The molecule has 33 heavy (non-hydrogen) atoms. The van der Waals surface area contributed by atoms with Gasteiger partial charge in [-0.15, -0.1) is 0 Å². The van der Waals surface area contributed by atoms with Gasteiger partial charge < -0.3 is 0 Å². The summed E-state index contributed by atoms with van der Waals surface area (Å²) < 4.78 is 27.0. The average Bonchev–Trinajstić information content (AvgIpc) is 2.84. The Morgan fingerprint density at radius 3 is 2.03 bits per heavy atom. The minimum atomic E-state index is -0.719. The van der Waals surface area contributed by atoms with Gasteiger partial charge in [-0.1, -0.05) is 96.5 Å². The Balaban J connectivity index is 1.12. The fourth-order valence-electron chi connectivity index (χ4n) is 7.63. The van der Waals surface area contributed by atoms with Crippen molar-refractivity contribution in [1.29, 1.82) is 0 Å². The molecule has 0 amide bonds. The van der Waals surface area contributed by atoms with Crippen LogP contribution in [0.4, 0.5) is 8.78 Å².